The molecule has 154 valence electrons. The molecular weight excluding hydrogens is 428 g/mol. The van der Waals surface area contributed by atoms with Crippen LogP contribution in [0.3, 0.4) is 0 Å². The monoisotopic (exact) mass is 444 g/mol. The lowest BCUT2D eigenvalue weighted by Crippen LogP contribution is -2.11. The Bertz CT molecular complexity index is 1090. The number of anilines is 1. The quantitative estimate of drug-likeness (QED) is 0.424. The predicted molar refractivity (Wildman–Crippen MR) is 108 cm³/mol. The van der Waals surface area contributed by atoms with Crippen molar-refractivity contribution in [1.82, 2.24) is 10.2 Å². The maximum Gasteiger partial charge on any atom is 0.184 e. The average Bonchev–Trinajstić information content (AvgIpc) is 3.00. The highest BCUT2D eigenvalue weighted by molar-refractivity contribution is 8.49. The minimum absolute atomic E-state index is 0.119. The molecule has 2 N–H and O–H groups in total. The summed E-state index contributed by atoms with van der Waals surface area (Å²) in [6, 6.07) is 13.1. The maximum atomic E-state index is 13.4. The lowest BCUT2D eigenvalue weighted by atomic mass is 10.1. The summed E-state index contributed by atoms with van der Waals surface area (Å²) in [6.45, 7) is 0.119. The van der Waals surface area contributed by atoms with Crippen LogP contribution >= 0.6 is 21.4 Å². The highest BCUT2D eigenvalue weighted by atomic mass is 35.5. The van der Waals surface area contributed by atoms with Crippen molar-refractivity contribution in [2.75, 3.05) is 11.6 Å². The summed E-state index contributed by atoms with van der Waals surface area (Å²) in [5.41, 5.74) is 2.27. The molecule has 0 bridgehead atoms. The van der Waals surface area contributed by atoms with E-state index in [1.165, 1.54) is 12.1 Å². The van der Waals surface area contributed by atoms with Gasteiger partial charge in [-0.2, -0.15) is 10.4 Å². The molecule has 29 heavy (non-hydrogen) atoms. The van der Waals surface area contributed by atoms with Gasteiger partial charge < -0.3 is 5.32 Å². The van der Waals surface area contributed by atoms with E-state index in [2.05, 4.69) is 21.6 Å². The van der Waals surface area contributed by atoms with Crippen LogP contribution in [0.4, 0.5) is 21.4 Å². The van der Waals surface area contributed by atoms with Crippen LogP contribution in [0.5, 0.6) is 0 Å². The fraction of sp³-hybridized carbons (Fsp3) is 0.158. The molecule has 2 aromatic carbocycles. The number of nitrogens with one attached hydrogen (secondary N) is 2. The zero-order valence-electron chi connectivity index (χ0n) is 15.2. The Hall–Kier alpha value is -2.70. The van der Waals surface area contributed by atoms with Crippen LogP contribution in [-0.4, -0.2) is 16.5 Å². The second-order valence-corrected chi connectivity index (χ2v) is 10.7. The zero-order chi connectivity index (χ0) is 21.3. The summed E-state index contributed by atoms with van der Waals surface area (Å²) in [6.07, 6.45) is 0.106. The Balaban J connectivity index is 1.73. The van der Waals surface area contributed by atoms with Crippen LogP contribution < -0.4 is 5.32 Å². The lowest BCUT2D eigenvalue weighted by Gasteiger charge is -2.46. The van der Waals surface area contributed by atoms with Crippen molar-refractivity contribution in [2.45, 2.75) is 17.9 Å². The number of hydrogen-bond acceptors (Lipinski definition) is 3. The molecule has 0 radical (unpaired) electrons. The SMILES string of the molecule is CS(F)(F)(F)(F)c1ccc(CNc2n[nH]c(Cc3cccc(Cl)c3)c2C#N)cc1. The largest absolute Gasteiger partial charge is 0.363 e. The van der Waals surface area contributed by atoms with Crippen LogP contribution in [0.25, 0.3) is 0 Å². The normalized spacial score (nSPS) is 14.0. The summed E-state index contributed by atoms with van der Waals surface area (Å²) in [5, 5.41) is 19.8. The van der Waals surface area contributed by atoms with Gasteiger partial charge in [0.15, 0.2) is 15.7 Å². The van der Waals surface area contributed by atoms with Gasteiger partial charge in [0.2, 0.25) is 0 Å². The third-order valence-corrected chi connectivity index (χ3v) is 5.89. The van der Waals surface area contributed by atoms with E-state index in [0.717, 1.165) is 17.7 Å². The first-order valence-electron chi connectivity index (χ1n) is 8.40. The van der Waals surface area contributed by atoms with Crippen molar-refractivity contribution in [1.29, 1.82) is 5.26 Å². The summed E-state index contributed by atoms with van der Waals surface area (Å²) >= 11 is 5.97. The first-order chi connectivity index (χ1) is 13.4. The molecule has 4 nitrogen and oxygen atoms in total. The molecule has 0 saturated heterocycles. The van der Waals surface area contributed by atoms with Crippen LogP contribution in [0.15, 0.2) is 53.4 Å². The highest BCUT2D eigenvalue weighted by Crippen LogP contribution is 2.98. The van der Waals surface area contributed by atoms with Gasteiger partial charge in [0.05, 0.1) is 16.8 Å². The number of nitriles is 1. The minimum Gasteiger partial charge on any atom is -0.363 e. The van der Waals surface area contributed by atoms with Crippen molar-refractivity contribution in [3.63, 3.8) is 0 Å². The molecule has 0 aliphatic carbocycles. The second kappa shape index (κ2) is 6.68. The number of H-pyrrole nitrogens is 1. The van der Waals surface area contributed by atoms with E-state index in [-0.39, 0.29) is 18.6 Å². The average molecular weight is 445 g/mol. The van der Waals surface area contributed by atoms with Crippen LogP contribution in [0, 0.1) is 11.3 Å². The molecule has 0 aliphatic rings. The molecule has 1 heterocycles. The Labute approximate surface area is 169 Å². The van der Waals surface area contributed by atoms with E-state index in [9.17, 15) is 20.8 Å². The molecule has 3 aromatic rings. The molecular formula is C19H17ClF4N4S. The highest BCUT2D eigenvalue weighted by Gasteiger charge is 2.59. The fourth-order valence-electron chi connectivity index (χ4n) is 2.74. The van der Waals surface area contributed by atoms with E-state index in [1.807, 2.05) is 6.07 Å². The molecule has 0 unspecified atom stereocenters. The molecule has 0 spiro atoms. The van der Waals surface area contributed by atoms with Crippen molar-refractivity contribution in [3.8, 4) is 6.07 Å². The van der Waals surface area contributed by atoms with Crippen LogP contribution in [0.1, 0.15) is 22.4 Å². The van der Waals surface area contributed by atoms with Crippen molar-refractivity contribution < 1.29 is 15.5 Å². The molecule has 0 fully saturated rings. The molecule has 0 atom stereocenters. The first-order valence-corrected chi connectivity index (χ1v) is 11.2. The van der Waals surface area contributed by atoms with E-state index in [0.29, 0.717) is 28.3 Å². The number of nitrogens with zero attached hydrogens (tertiary/aromatic N) is 2. The van der Waals surface area contributed by atoms with E-state index in [4.69, 9.17) is 11.6 Å². The van der Waals surface area contributed by atoms with E-state index < -0.39 is 14.7 Å². The van der Waals surface area contributed by atoms with Crippen LogP contribution in [0.2, 0.25) is 5.02 Å². The third-order valence-electron chi connectivity index (χ3n) is 4.20. The first kappa shape index (κ1) is 21.0. The number of aromatic amines is 1. The molecule has 10 heteroatoms. The topological polar surface area (TPSA) is 64.5 Å². The molecule has 0 amide bonds. The Morgan fingerprint density at radius 2 is 1.79 bits per heavy atom. The van der Waals surface area contributed by atoms with Crippen molar-refractivity contribution in [2.24, 2.45) is 0 Å². The second-order valence-electron chi connectivity index (χ2n) is 6.82. The summed E-state index contributed by atoms with van der Waals surface area (Å²) in [5.74, 6) is 0.284. The van der Waals surface area contributed by atoms with Crippen LogP contribution in [-0.2, 0) is 13.0 Å². The van der Waals surface area contributed by atoms with Gasteiger partial charge >= 0.3 is 0 Å². The number of halogens is 5. The van der Waals surface area contributed by atoms with Gasteiger partial charge in [-0.3, -0.25) is 5.10 Å². The summed E-state index contributed by atoms with van der Waals surface area (Å²) in [4.78, 5) is -1.28. The standard InChI is InChI=1S/C19H17ClF4N4S/c1-29(21,22,23,24)16-7-5-13(6-8-16)12-26-19-17(11-25)18(27-28-19)10-14-3-2-4-15(20)9-14/h2-9H,10,12H2,1H3,(H2,26,27,28). The number of hydrogen-bond donors (Lipinski definition) is 2. The van der Waals surface area contributed by atoms with Crippen molar-refractivity contribution >= 4 is 27.3 Å². The molecule has 3 rings (SSSR count). The van der Waals surface area contributed by atoms with Gasteiger partial charge in [-0.05, 0) is 35.4 Å². The van der Waals surface area contributed by atoms with Crippen molar-refractivity contribution in [3.05, 3.63) is 75.9 Å². The predicted octanol–water partition coefficient (Wildman–Crippen LogP) is 6.54. The van der Waals surface area contributed by atoms with E-state index in [1.54, 1.807) is 18.2 Å². The lowest BCUT2D eigenvalue weighted by molar-refractivity contribution is 0.458. The van der Waals surface area contributed by atoms with Gasteiger partial charge in [-0.1, -0.05) is 35.9 Å². The molecule has 0 aliphatic heterocycles. The van der Waals surface area contributed by atoms with Gasteiger partial charge in [0, 0.05) is 18.0 Å². The van der Waals surface area contributed by atoms with E-state index >= 15 is 0 Å². The van der Waals surface area contributed by atoms with Gasteiger partial charge in [0.25, 0.3) is 0 Å². The van der Waals surface area contributed by atoms with Gasteiger partial charge in [-0.25, -0.2) is 0 Å². The maximum absolute atomic E-state index is 13.4. The minimum atomic E-state index is -8.19. The smallest absolute Gasteiger partial charge is 0.184 e. The number of aromatic nitrogens is 2. The van der Waals surface area contributed by atoms with Gasteiger partial charge in [0.1, 0.15) is 11.6 Å². The van der Waals surface area contributed by atoms with Gasteiger partial charge in [-0.15, -0.1) is 15.5 Å². The fourth-order valence-corrected chi connectivity index (χ4v) is 3.77. The Kier molecular flexibility index (Phi) is 4.84. The summed E-state index contributed by atoms with van der Waals surface area (Å²) < 4.78 is 53.7. The zero-order valence-corrected chi connectivity index (χ0v) is 16.8. The Morgan fingerprint density at radius 3 is 2.38 bits per heavy atom. The summed E-state index contributed by atoms with van der Waals surface area (Å²) in [7, 11) is -8.19. The molecule has 1 aromatic heterocycles. The Morgan fingerprint density at radius 1 is 1.10 bits per heavy atom. The number of rotatable bonds is 6. The molecule has 0 saturated carbocycles. The third kappa shape index (κ3) is 5.22. The number of benzene rings is 2.